The lowest BCUT2D eigenvalue weighted by Crippen LogP contribution is -2.31. The first-order valence-electron chi connectivity index (χ1n) is 6.42. The van der Waals surface area contributed by atoms with Gasteiger partial charge in [0.2, 0.25) is 0 Å². The van der Waals surface area contributed by atoms with Gasteiger partial charge >= 0.3 is 0 Å². The highest BCUT2D eigenvalue weighted by atomic mass is 35.5. The van der Waals surface area contributed by atoms with E-state index in [0.29, 0.717) is 0 Å². The number of nitrogens with zero attached hydrogens (tertiary/aromatic N) is 1. The molecule has 3 N–H and O–H groups in total. The second-order valence-electron chi connectivity index (χ2n) is 5.47. The number of rotatable bonds is 4. The van der Waals surface area contributed by atoms with Gasteiger partial charge in [-0.25, -0.2) is 0 Å². The molecule has 0 aromatic heterocycles. The van der Waals surface area contributed by atoms with Crippen molar-refractivity contribution in [1.29, 1.82) is 0 Å². The van der Waals surface area contributed by atoms with E-state index >= 15 is 0 Å². The summed E-state index contributed by atoms with van der Waals surface area (Å²) < 4.78 is 0. The maximum absolute atomic E-state index is 9.89. The summed E-state index contributed by atoms with van der Waals surface area (Å²) in [5, 5.41) is 10.6. The summed E-state index contributed by atoms with van der Waals surface area (Å²) in [6.07, 6.45) is 1.75. The number of benzene rings is 1. The molecule has 0 amide bonds. The third kappa shape index (κ3) is 3.69. The summed E-state index contributed by atoms with van der Waals surface area (Å²) in [7, 11) is 0. The minimum Gasteiger partial charge on any atom is -0.389 e. The van der Waals surface area contributed by atoms with Crippen LogP contribution in [0.25, 0.3) is 0 Å². The highest BCUT2D eigenvalue weighted by molar-refractivity contribution is 6.30. The zero-order valence-corrected chi connectivity index (χ0v) is 11.5. The first kappa shape index (κ1) is 13.8. The summed E-state index contributed by atoms with van der Waals surface area (Å²) in [5.74, 6) is 0. The van der Waals surface area contributed by atoms with Gasteiger partial charge in [0.05, 0.1) is 5.60 Å². The van der Waals surface area contributed by atoms with Crippen LogP contribution in [0, 0.1) is 0 Å². The van der Waals surface area contributed by atoms with Gasteiger partial charge in [-0.2, -0.15) is 0 Å². The molecule has 1 aromatic carbocycles. The van der Waals surface area contributed by atoms with Crippen molar-refractivity contribution in [2.24, 2.45) is 5.73 Å². The van der Waals surface area contributed by atoms with Crippen LogP contribution in [-0.2, 0) is 0 Å². The number of β-amino-alcohol motifs (C(OH)–C–C–N with tert-alkyl or cyclic N) is 1. The van der Waals surface area contributed by atoms with Crippen molar-refractivity contribution in [3.05, 3.63) is 34.9 Å². The van der Waals surface area contributed by atoms with Crippen LogP contribution in [0.15, 0.2) is 24.3 Å². The fraction of sp³-hybridized carbons (Fsp3) is 0.571. The lowest BCUT2D eigenvalue weighted by atomic mass is 10.0. The summed E-state index contributed by atoms with van der Waals surface area (Å²) in [5.41, 5.74) is 6.75. The number of nitrogens with two attached hydrogens (primary N) is 1. The van der Waals surface area contributed by atoms with Crippen molar-refractivity contribution in [3.63, 3.8) is 0 Å². The summed E-state index contributed by atoms with van der Waals surface area (Å²) >= 11 is 5.85. The molecule has 3 nitrogen and oxygen atoms in total. The largest absolute Gasteiger partial charge is 0.389 e. The van der Waals surface area contributed by atoms with E-state index in [1.807, 2.05) is 31.2 Å². The van der Waals surface area contributed by atoms with Crippen LogP contribution in [0.2, 0.25) is 5.02 Å². The molecule has 1 aliphatic heterocycles. The standard InChI is InChI=1S/C14H21ClN2O/c1-14(18)7-9-17(10-14)8-6-13(16)11-2-4-12(15)5-3-11/h2-5,13,18H,6-10,16H2,1H3. The van der Waals surface area contributed by atoms with Crippen molar-refractivity contribution >= 4 is 11.6 Å². The molecule has 1 aliphatic rings. The summed E-state index contributed by atoms with van der Waals surface area (Å²) in [4.78, 5) is 2.27. The second-order valence-corrected chi connectivity index (χ2v) is 5.91. The number of halogens is 1. The first-order valence-corrected chi connectivity index (χ1v) is 6.80. The van der Waals surface area contributed by atoms with Gasteiger partial charge in [-0.3, -0.25) is 0 Å². The number of aliphatic hydroxyl groups is 1. The van der Waals surface area contributed by atoms with Crippen molar-refractivity contribution in [2.45, 2.75) is 31.4 Å². The molecule has 100 valence electrons. The molecule has 18 heavy (non-hydrogen) atoms. The van der Waals surface area contributed by atoms with Crippen LogP contribution in [-0.4, -0.2) is 35.2 Å². The van der Waals surface area contributed by atoms with Crippen LogP contribution in [0.5, 0.6) is 0 Å². The Labute approximate surface area is 114 Å². The summed E-state index contributed by atoms with van der Waals surface area (Å²) in [6, 6.07) is 7.74. The minimum atomic E-state index is -0.523. The molecule has 0 saturated carbocycles. The highest BCUT2D eigenvalue weighted by Gasteiger charge is 2.30. The van der Waals surface area contributed by atoms with Gasteiger partial charge in [0.25, 0.3) is 0 Å². The average molecular weight is 269 g/mol. The van der Waals surface area contributed by atoms with Gasteiger partial charge in [-0.05, 0) is 37.5 Å². The van der Waals surface area contributed by atoms with E-state index in [-0.39, 0.29) is 6.04 Å². The zero-order valence-electron chi connectivity index (χ0n) is 10.8. The fourth-order valence-electron chi connectivity index (χ4n) is 2.43. The van der Waals surface area contributed by atoms with Gasteiger partial charge < -0.3 is 15.7 Å². The van der Waals surface area contributed by atoms with Crippen LogP contribution in [0.3, 0.4) is 0 Å². The molecule has 0 radical (unpaired) electrons. The van der Waals surface area contributed by atoms with E-state index in [9.17, 15) is 5.11 Å². The van der Waals surface area contributed by atoms with Gasteiger partial charge in [0, 0.05) is 30.7 Å². The van der Waals surface area contributed by atoms with Gasteiger partial charge in [0.15, 0.2) is 0 Å². The fourth-order valence-corrected chi connectivity index (χ4v) is 2.55. The van der Waals surface area contributed by atoms with E-state index in [4.69, 9.17) is 17.3 Å². The molecule has 0 aliphatic carbocycles. The van der Waals surface area contributed by atoms with Crippen LogP contribution >= 0.6 is 11.6 Å². The SMILES string of the molecule is CC1(O)CCN(CCC(N)c2ccc(Cl)cc2)C1. The molecule has 1 saturated heterocycles. The lowest BCUT2D eigenvalue weighted by Gasteiger charge is -2.20. The number of hydrogen-bond donors (Lipinski definition) is 2. The van der Waals surface area contributed by atoms with Gasteiger partial charge in [-0.1, -0.05) is 23.7 Å². The molecule has 2 rings (SSSR count). The Hall–Kier alpha value is -0.610. The Balaban J connectivity index is 1.82. The topological polar surface area (TPSA) is 49.5 Å². The smallest absolute Gasteiger partial charge is 0.0758 e. The molecule has 2 unspecified atom stereocenters. The van der Waals surface area contributed by atoms with E-state index in [0.717, 1.165) is 43.1 Å². The molecular weight excluding hydrogens is 248 g/mol. The maximum atomic E-state index is 9.89. The molecule has 2 atom stereocenters. The predicted octanol–water partition coefficient (Wildman–Crippen LogP) is 2.19. The Bertz CT molecular complexity index is 391. The van der Waals surface area contributed by atoms with E-state index in [2.05, 4.69) is 4.90 Å². The van der Waals surface area contributed by atoms with E-state index < -0.39 is 5.60 Å². The van der Waals surface area contributed by atoms with Crippen LogP contribution in [0.1, 0.15) is 31.4 Å². The molecule has 1 aromatic rings. The average Bonchev–Trinajstić information content (AvgIpc) is 2.67. The predicted molar refractivity (Wildman–Crippen MR) is 74.7 cm³/mol. The Kier molecular flexibility index (Phi) is 4.28. The third-order valence-electron chi connectivity index (χ3n) is 3.59. The van der Waals surface area contributed by atoms with Crippen LogP contribution in [0.4, 0.5) is 0 Å². The molecule has 0 spiro atoms. The number of hydrogen-bond acceptors (Lipinski definition) is 3. The van der Waals surface area contributed by atoms with Gasteiger partial charge in [0.1, 0.15) is 0 Å². The monoisotopic (exact) mass is 268 g/mol. The number of likely N-dealkylation sites (tertiary alicyclic amines) is 1. The molecule has 1 heterocycles. The van der Waals surface area contributed by atoms with E-state index in [1.165, 1.54) is 0 Å². The van der Waals surface area contributed by atoms with Crippen molar-refractivity contribution in [2.75, 3.05) is 19.6 Å². The summed E-state index contributed by atoms with van der Waals surface area (Å²) in [6.45, 7) is 4.53. The van der Waals surface area contributed by atoms with E-state index in [1.54, 1.807) is 0 Å². The Morgan fingerprint density at radius 2 is 2.11 bits per heavy atom. The van der Waals surface area contributed by atoms with Gasteiger partial charge in [-0.15, -0.1) is 0 Å². The van der Waals surface area contributed by atoms with Crippen molar-refractivity contribution in [1.82, 2.24) is 4.90 Å². The first-order chi connectivity index (χ1) is 8.46. The van der Waals surface area contributed by atoms with Crippen molar-refractivity contribution < 1.29 is 5.11 Å². The molecular formula is C14H21ClN2O. The zero-order chi connectivity index (χ0) is 13.2. The maximum Gasteiger partial charge on any atom is 0.0758 e. The normalized spacial score (nSPS) is 26.4. The van der Waals surface area contributed by atoms with Crippen LogP contribution < -0.4 is 5.73 Å². The molecule has 0 bridgehead atoms. The van der Waals surface area contributed by atoms with Crippen molar-refractivity contribution in [3.8, 4) is 0 Å². The minimum absolute atomic E-state index is 0.0350. The highest BCUT2D eigenvalue weighted by Crippen LogP contribution is 2.22. The Morgan fingerprint density at radius 1 is 1.44 bits per heavy atom. The Morgan fingerprint density at radius 3 is 2.67 bits per heavy atom. The third-order valence-corrected chi connectivity index (χ3v) is 3.84. The molecule has 1 fully saturated rings. The lowest BCUT2D eigenvalue weighted by molar-refractivity contribution is 0.0684. The second kappa shape index (κ2) is 5.57. The molecule has 4 heteroatoms. The quantitative estimate of drug-likeness (QED) is 0.880.